The third-order valence-electron chi connectivity index (χ3n) is 6.69. The molecule has 1 saturated heterocycles. The van der Waals surface area contributed by atoms with E-state index in [1.54, 1.807) is 24.5 Å². The maximum Gasteiger partial charge on any atom is 0.423 e. The van der Waals surface area contributed by atoms with Gasteiger partial charge in [0.15, 0.2) is 0 Å². The Morgan fingerprint density at radius 2 is 1.86 bits per heavy atom. The third-order valence-corrected chi connectivity index (χ3v) is 6.69. The van der Waals surface area contributed by atoms with Crippen molar-refractivity contribution >= 4 is 22.4 Å². The Kier molecular flexibility index (Phi) is 6.13. The van der Waals surface area contributed by atoms with Crippen LogP contribution in [0.3, 0.4) is 0 Å². The number of piperidine rings is 1. The van der Waals surface area contributed by atoms with Crippen LogP contribution in [-0.2, 0) is 5.60 Å². The first kappa shape index (κ1) is 24.1. The van der Waals surface area contributed by atoms with Crippen molar-refractivity contribution in [2.24, 2.45) is 5.92 Å². The van der Waals surface area contributed by atoms with Gasteiger partial charge in [0.1, 0.15) is 11.6 Å². The summed E-state index contributed by atoms with van der Waals surface area (Å²) in [6, 6.07) is 10.3. The summed E-state index contributed by atoms with van der Waals surface area (Å²) in [7, 11) is 1.84. The van der Waals surface area contributed by atoms with Crippen molar-refractivity contribution in [3.05, 3.63) is 72.6 Å². The number of aliphatic hydroxyl groups is 1. The van der Waals surface area contributed by atoms with Gasteiger partial charge in [0.2, 0.25) is 5.60 Å². The standard InChI is InChI=1S/C25H24F4N6O/c1-34-11-7-17(8-12-34)24(36,25(27,28)29)22-6-3-16-15-30-23(14-21(16)32-22)33-20-5-4-18(13-19(20)26)35-10-2-9-31-35/h2-6,9-10,13-15,17,36H,7-8,11-12H2,1H3,(H,30,33)/t24-/m0/s1. The number of anilines is 2. The number of alkyl halides is 3. The van der Waals surface area contributed by atoms with Crippen LogP contribution in [0.25, 0.3) is 16.6 Å². The summed E-state index contributed by atoms with van der Waals surface area (Å²) in [6.07, 6.45) is 0.196. The highest BCUT2D eigenvalue weighted by Gasteiger charge is 2.60. The van der Waals surface area contributed by atoms with Crippen molar-refractivity contribution in [1.82, 2.24) is 24.6 Å². The molecule has 1 aliphatic heterocycles. The summed E-state index contributed by atoms with van der Waals surface area (Å²) in [6.45, 7) is 0.915. The fraction of sp³-hybridized carbons (Fsp3) is 0.320. The normalized spacial score (nSPS) is 17.3. The van der Waals surface area contributed by atoms with Gasteiger partial charge in [-0.3, -0.25) is 0 Å². The molecular formula is C25H24F4N6O. The van der Waals surface area contributed by atoms with Gasteiger partial charge in [-0.15, -0.1) is 0 Å². The topological polar surface area (TPSA) is 79.1 Å². The predicted octanol–water partition coefficient (Wildman–Crippen LogP) is 4.79. The SMILES string of the molecule is CN1CCC([C@](O)(c2ccc3cnc(Nc4ccc(-n5cccn5)cc4F)cc3n2)C(F)(F)F)CC1. The van der Waals surface area contributed by atoms with E-state index >= 15 is 0 Å². The summed E-state index contributed by atoms with van der Waals surface area (Å²) < 4.78 is 59.0. The van der Waals surface area contributed by atoms with Gasteiger partial charge in [0.05, 0.1) is 22.6 Å². The van der Waals surface area contributed by atoms with E-state index in [0.717, 1.165) is 0 Å². The van der Waals surface area contributed by atoms with Crippen LogP contribution in [0, 0.1) is 11.7 Å². The first-order valence-corrected chi connectivity index (χ1v) is 11.5. The van der Waals surface area contributed by atoms with Crippen molar-refractivity contribution in [2.45, 2.75) is 24.6 Å². The van der Waals surface area contributed by atoms with Crippen molar-refractivity contribution < 1.29 is 22.7 Å². The molecule has 36 heavy (non-hydrogen) atoms. The Hall–Kier alpha value is -3.57. The number of halogens is 4. The maximum absolute atomic E-state index is 14.7. The van der Waals surface area contributed by atoms with Gasteiger partial charge in [0, 0.05) is 42.0 Å². The highest BCUT2D eigenvalue weighted by Crippen LogP contribution is 2.47. The molecule has 4 aromatic rings. The first-order valence-electron chi connectivity index (χ1n) is 11.5. The molecule has 0 aliphatic carbocycles. The largest absolute Gasteiger partial charge is 0.423 e. The van der Waals surface area contributed by atoms with Gasteiger partial charge < -0.3 is 15.3 Å². The Labute approximate surface area is 204 Å². The highest BCUT2D eigenvalue weighted by atomic mass is 19.4. The van der Waals surface area contributed by atoms with Crippen LogP contribution >= 0.6 is 0 Å². The lowest BCUT2D eigenvalue weighted by molar-refractivity contribution is -0.292. The van der Waals surface area contributed by atoms with E-state index in [1.807, 2.05) is 11.9 Å². The van der Waals surface area contributed by atoms with Gasteiger partial charge in [-0.05, 0) is 63.3 Å². The summed E-state index contributed by atoms with van der Waals surface area (Å²) >= 11 is 0. The van der Waals surface area contributed by atoms with Crippen LogP contribution < -0.4 is 5.32 Å². The number of nitrogens with one attached hydrogen (secondary N) is 1. The van der Waals surface area contributed by atoms with Gasteiger partial charge in [-0.2, -0.15) is 18.3 Å². The molecule has 1 fully saturated rings. The molecule has 3 aromatic heterocycles. The summed E-state index contributed by atoms with van der Waals surface area (Å²) in [5.74, 6) is -1.37. The van der Waals surface area contributed by atoms with Gasteiger partial charge in [0.25, 0.3) is 0 Å². The van der Waals surface area contributed by atoms with E-state index in [2.05, 4.69) is 20.4 Å². The average molecular weight is 501 g/mol. The Balaban J connectivity index is 1.46. The fourth-order valence-electron chi connectivity index (χ4n) is 4.62. The minimum atomic E-state index is -4.90. The van der Waals surface area contributed by atoms with E-state index in [9.17, 15) is 22.7 Å². The Morgan fingerprint density at radius 1 is 1.08 bits per heavy atom. The number of pyridine rings is 2. The number of hydrogen-bond donors (Lipinski definition) is 2. The van der Waals surface area contributed by atoms with E-state index < -0.39 is 29.2 Å². The second kappa shape index (κ2) is 9.14. The van der Waals surface area contributed by atoms with Crippen molar-refractivity contribution in [3.63, 3.8) is 0 Å². The van der Waals surface area contributed by atoms with Crippen molar-refractivity contribution in [1.29, 1.82) is 0 Å². The Bertz CT molecular complexity index is 1370. The number of aromatic nitrogens is 4. The number of fused-ring (bicyclic) bond motifs is 1. The quantitative estimate of drug-likeness (QED) is 0.384. The summed E-state index contributed by atoms with van der Waals surface area (Å²) in [5.41, 5.74) is -2.67. The molecule has 1 atom stereocenters. The molecule has 0 saturated carbocycles. The highest BCUT2D eigenvalue weighted by molar-refractivity contribution is 5.81. The molecule has 0 spiro atoms. The van der Waals surface area contributed by atoms with E-state index in [0.29, 0.717) is 24.2 Å². The molecule has 0 amide bonds. The van der Waals surface area contributed by atoms with Crippen LogP contribution in [-0.4, -0.2) is 56.1 Å². The number of hydrogen-bond acceptors (Lipinski definition) is 6. The molecule has 1 aromatic carbocycles. The number of nitrogens with zero attached hydrogens (tertiary/aromatic N) is 5. The van der Waals surface area contributed by atoms with Crippen LogP contribution in [0.1, 0.15) is 18.5 Å². The average Bonchev–Trinajstić information content (AvgIpc) is 3.39. The predicted molar refractivity (Wildman–Crippen MR) is 127 cm³/mol. The monoisotopic (exact) mass is 500 g/mol. The van der Waals surface area contributed by atoms with Gasteiger partial charge in [-0.1, -0.05) is 0 Å². The molecule has 11 heteroatoms. The minimum Gasteiger partial charge on any atom is -0.375 e. The number of rotatable bonds is 5. The molecule has 2 N–H and O–H groups in total. The van der Waals surface area contributed by atoms with Crippen molar-refractivity contribution in [2.75, 3.05) is 25.5 Å². The van der Waals surface area contributed by atoms with Gasteiger partial charge in [-0.25, -0.2) is 19.0 Å². The van der Waals surface area contributed by atoms with E-state index in [-0.39, 0.29) is 29.9 Å². The summed E-state index contributed by atoms with van der Waals surface area (Å²) in [5, 5.41) is 18.4. The molecule has 188 valence electrons. The molecule has 0 radical (unpaired) electrons. The third kappa shape index (κ3) is 4.40. The molecule has 0 unspecified atom stereocenters. The zero-order valence-corrected chi connectivity index (χ0v) is 19.4. The molecule has 1 aliphatic rings. The van der Waals surface area contributed by atoms with E-state index in [4.69, 9.17) is 0 Å². The lowest BCUT2D eigenvalue weighted by Crippen LogP contribution is -2.52. The smallest absolute Gasteiger partial charge is 0.375 e. The van der Waals surface area contributed by atoms with Crippen molar-refractivity contribution in [3.8, 4) is 5.69 Å². The second-order valence-corrected chi connectivity index (χ2v) is 9.04. The molecule has 5 rings (SSSR count). The number of benzene rings is 1. The molecule has 7 nitrogen and oxygen atoms in total. The van der Waals surface area contributed by atoms with Gasteiger partial charge >= 0.3 is 6.18 Å². The minimum absolute atomic E-state index is 0.132. The molecule has 4 heterocycles. The lowest BCUT2D eigenvalue weighted by Gasteiger charge is -2.41. The fourth-order valence-corrected chi connectivity index (χ4v) is 4.62. The number of likely N-dealkylation sites (tertiary alicyclic amines) is 1. The van der Waals surface area contributed by atoms with E-state index in [1.165, 1.54) is 41.2 Å². The molecule has 0 bridgehead atoms. The summed E-state index contributed by atoms with van der Waals surface area (Å²) in [4.78, 5) is 10.4. The lowest BCUT2D eigenvalue weighted by atomic mass is 9.77. The van der Waals surface area contributed by atoms with Crippen LogP contribution in [0.5, 0.6) is 0 Å². The van der Waals surface area contributed by atoms with Crippen LogP contribution in [0.4, 0.5) is 29.1 Å². The second-order valence-electron chi connectivity index (χ2n) is 9.04. The van der Waals surface area contributed by atoms with Crippen LogP contribution in [0.15, 0.2) is 61.1 Å². The zero-order chi connectivity index (χ0) is 25.5. The first-order chi connectivity index (χ1) is 17.1. The Morgan fingerprint density at radius 3 is 2.53 bits per heavy atom. The molecular weight excluding hydrogens is 476 g/mol. The maximum atomic E-state index is 14.7. The van der Waals surface area contributed by atoms with Crippen LogP contribution in [0.2, 0.25) is 0 Å². The zero-order valence-electron chi connectivity index (χ0n) is 19.4.